The van der Waals surface area contributed by atoms with Crippen molar-refractivity contribution in [1.82, 2.24) is 31.2 Å². The van der Waals surface area contributed by atoms with E-state index in [0.717, 1.165) is 19.3 Å². The molecule has 0 radical (unpaired) electrons. The molecule has 0 saturated carbocycles. The van der Waals surface area contributed by atoms with E-state index in [1.54, 1.807) is 0 Å². The molecule has 1 heterocycles. The van der Waals surface area contributed by atoms with Crippen molar-refractivity contribution in [3.63, 3.8) is 0 Å². The van der Waals surface area contributed by atoms with E-state index >= 15 is 0 Å². The number of carboxylic acids is 1. The Hall–Kier alpha value is -3.44. The highest BCUT2D eigenvalue weighted by molar-refractivity contribution is 5.91. The first kappa shape index (κ1) is 32.6. The molecule has 12 nitrogen and oxygen atoms in total. The van der Waals surface area contributed by atoms with Crippen LogP contribution in [0.5, 0.6) is 0 Å². The van der Waals surface area contributed by atoms with Crippen LogP contribution in [0.4, 0.5) is 0 Å². The standard InChI is InChI=1S/C26H44N6O6/c1-2-3-4-5-6-7-8-9-10-11-12-13-22(33)28-16-23(34)29-17-24(35)30-18-25(36)32-21(26(37)38)14-20-15-27-19-31-20/h15,19,21H,2-14,16-18H2,1H3,(H,27,31)(H,28,33)(H,29,34)(H,30,35)(H,32,36)(H,37,38)/t21-/m0/s1. The zero-order valence-corrected chi connectivity index (χ0v) is 22.5. The molecule has 12 heteroatoms. The van der Waals surface area contributed by atoms with E-state index in [-0.39, 0.29) is 25.4 Å². The van der Waals surface area contributed by atoms with E-state index in [9.17, 15) is 29.1 Å². The maximum atomic E-state index is 12.0. The van der Waals surface area contributed by atoms with Crippen molar-refractivity contribution < 1.29 is 29.1 Å². The number of unbranched alkanes of at least 4 members (excludes halogenated alkanes) is 10. The van der Waals surface area contributed by atoms with Gasteiger partial charge >= 0.3 is 5.97 Å². The van der Waals surface area contributed by atoms with Gasteiger partial charge in [0.25, 0.3) is 0 Å². The number of hydrogen-bond donors (Lipinski definition) is 6. The van der Waals surface area contributed by atoms with E-state index in [0.29, 0.717) is 12.1 Å². The van der Waals surface area contributed by atoms with E-state index in [1.165, 1.54) is 63.9 Å². The smallest absolute Gasteiger partial charge is 0.326 e. The molecule has 0 fully saturated rings. The van der Waals surface area contributed by atoms with Crippen LogP contribution in [0.3, 0.4) is 0 Å². The molecule has 4 amide bonds. The number of amides is 4. The van der Waals surface area contributed by atoms with Crippen molar-refractivity contribution in [3.05, 3.63) is 18.2 Å². The third-order valence-corrected chi connectivity index (χ3v) is 5.96. The second-order valence-corrected chi connectivity index (χ2v) is 9.36. The van der Waals surface area contributed by atoms with Gasteiger partial charge in [-0.3, -0.25) is 19.2 Å². The van der Waals surface area contributed by atoms with Crippen LogP contribution in [0, 0.1) is 0 Å². The first-order valence-corrected chi connectivity index (χ1v) is 13.6. The molecule has 0 unspecified atom stereocenters. The summed E-state index contributed by atoms with van der Waals surface area (Å²) in [5.41, 5.74) is 0.537. The highest BCUT2D eigenvalue weighted by Gasteiger charge is 2.21. The fourth-order valence-corrected chi connectivity index (χ4v) is 3.76. The lowest BCUT2D eigenvalue weighted by Crippen LogP contribution is -2.48. The minimum atomic E-state index is -1.22. The van der Waals surface area contributed by atoms with Gasteiger partial charge < -0.3 is 31.4 Å². The summed E-state index contributed by atoms with van der Waals surface area (Å²) in [5.74, 6) is -3.27. The summed E-state index contributed by atoms with van der Waals surface area (Å²) in [7, 11) is 0. The molecule has 38 heavy (non-hydrogen) atoms. The Bertz CT molecular complexity index is 845. The molecule has 0 aliphatic heterocycles. The Morgan fingerprint density at radius 2 is 1.26 bits per heavy atom. The number of hydrogen-bond acceptors (Lipinski definition) is 6. The molecule has 0 spiro atoms. The predicted molar refractivity (Wildman–Crippen MR) is 142 cm³/mol. The van der Waals surface area contributed by atoms with E-state index in [1.807, 2.05) is 0 Å². The Labute approximate surface area is 224 Å². The number of H-pyrrole nitrogens is 1. The molecule has 0 aromatic carbocycles. The van der Waals surface area contributed by atoms with Gasteiger partial charge in [0.1, 0.15) is 6.04 Å². The number of nitrogens with zero attached hydrogens (tertiary/aromatic N) is 1. The Kier molecular flexibility index (Phi) is 17.7. The molecule has 1 aromatic rings. The minimum Gasteiger partial charge on any atom is -0.480 e. The normalized spacial score (nSPS) is 11.4. The second kappa shape index (κ2) is 20.6. The fourth-order valence-electron chi connectivity index (χ4n) is 3.76. The summed E-state index contributed by atoms with van der Waals surface area (Å²) in [5, 5.41) is 18.8. The van der Waals surface area contributed by atoms with Gasteiger partial charge in [-0.1, -0.05) is 71.1 Å². The quantitative estimate of drug-likeness (QED) is 0.122. The number of rotatable bonds is 22. The van der Waals surface area contributed by atoms with Gasteiger partial charge in [-0.25, -0.2) is 9.78 Å². The zero-order chi connectivity index (χ0) is 28.0. The summed E-state index contributed by atoms with van der Waals surface area (Å²) in [4.78, 5) is 65.5. The molecule has 0 bridgehead atoms. The van der Waals surface area contributed by atoms with Crippen LogP contribution in [0.25, 0.3) is 0 Å². The van der Waals surface area contributed by atoms with Gasteiger partial charge in [0.2, 0.25) is 23.6 Å². The number of aromatic amines is 1. The minimum absolute atomic E-state index is 0.00997. The van der Waals surface area contributed by atoms with Crippen LogP contribution >= 0.6 is 0 Å². The number of carbonyl (C=O) groups excluding carboxylic acids is 4. The maximum Gasteiger partial charge on any atom is 0.326 e. The topological polar surface area (TPSA) is 182 Å². The molecule has 214 valence electrons. The van der Waals surface area contributed by atoms with Crippen LogP contribution in [-0.4, -0.2) is 70.3 Å². The van der Waals surface area contributed by atoms with Crippen LogP contribution in [0.15, 0.2) is 12.5 Å². The first-order valence-electron chi connectivity index (χ1n) is 13.6. The van der Waals surface area contributed by atoms with Crippen molar-refractivity contribution in [2.75, 3.05) is 19.6 Å². The highest BCUT2D eigenvalue weighted by atomic mass is 16.4. The molecule has 0 saturated heterocycles. The van der Waals surface area contributed by atoms with E-state index < -0.39 is 36.3 Å². The van der Waals surface area contributed by atoms with Crippen LogP contribution in [0.1, 0.15) is 89.7 Å². The number of aromatic nitrogens is 2. The lowest BCUT2D eigenvalue weighted by atomic mass is 10.1. The number of carboxylic acid groups (broad SMARTS) is 1. The highest BCUT2D eigenvalue weighted by Crippen LogP contribution is 2.11. The van der Waals surface area contributed by atoms with Crippen LogP contribution < -0.4 is 21.3 Å². The summed E-state index contributed by atoms with van der Waals surface area (Å²) in [6, 6.07) is -1.19. The third-order valence-electron chi connectivity index (χ3n) is 5.96. The van der Waals surface area contributed by atoms with Gasteiger partial charge in [-0.2, -0.15) is 0 Å². The van der Waals surface area contributed by atoms with Gasteiger partial charge in [-0.15, -0.1) is 0 Å². The van der Waals surface area contributed by atoms with Crippen molar-refractivity contribution in [2.45, 2.75) is 96.4 Å². The zero-order valence-electron chi connectivity index (χ0n) is 22.5. The Morgan fingerprint density at radius 1 is 0.763 bits per heavy atom. The number of aliphatic carboxylic acids is 1. The van der Waals surface area contributed by atoms with Gasteiger partial charge in [0.15, 0.2) is 0 Å². The Balaban J connectivity index is 2.05. The van der Waals surface area contributed by atoms with E-state index in [4.69, 9.17) is 0 Å². The fraction of sp³-hybridized carbons (Fsp3) is 0.692. The summed E-state index contributed by atoms with van der Waals surface area (Å²) in [6.07, 6.45) is 16.4. The van der Waals surface area contributed by atoms with Gasteiger partial charge in [-0.05, 0) is 6.42 Å². The van der Waals surface area contributed by atoms with Crippen molar-refractivity contribution in [2.24, 2.45) is 0 Å². The lowest BCUT2D eigenvalue weighted by molar-refractivity contribution is -0.141. The SMILES string of the molecule is CCCCCCCCCCCCCC(=O)NCC(=O)NCC(=O)NCC(=O)N[C@@H](Cc1cnc[nH]1)C(=O)O. The molecule has 1 aromatic heterocycles. The molecule has 1 rings (SSSR count). The predicted octanol–water partition coefficient (Wildman–Crippen LogP) is 1.57. The van der Waals surface area contributed by atoms with Gasteiger partial charge in [0.05, 0.1) is 26.0 Å². The van der Waals surface area contributed by atoms with Crippen molar-refractivity contribution in [3.8, 4) is 0 Å². The second-order valence-electron chi connectivity index (χ2n) is 9.36. The average molecular weight is 537 g/mol. The molecular formula is C26H44N6O6. The van der Waals surface area contributed by atoms with Crippen molar-refractivity contribution in [1.29, 1.82) is 0 Å². The summed E-state index contributed by atoms with van der Waals surface area (Å²) < 4.78 is 0. The maximum absolute atomic E-state index is 12.0. The van der Waals surface area contributed by atoms with Crippen LogP contribution in [-0.2, 0) is 30.4 Å². The number of carbonyl (C=O) groups is 5. The summed E-state index contributed by atoms with van der Waals surface area (Å²) >= 11 is 0. The average Bonchev–Trinajstić information content (AvgIpc) is 3.41. The number of imidazole rings is 1. The largest absolute Gasteiger partial charge is 0.480 e. The number of nitrogens with one attached hydrogen (secondary N) is 5. The molecular weight excluding hydrogens is 492 g/mol. The summed E-state index contributed by atoms with van der Waals surface area (Å²) in [6.45, 7) is 1.16. The first-order chi connectivity index (χ1) is 18.3. The van der Waals surface area contributed by atoms with Crippen molar-refractivity contribution >= 4 is 29.6 Å². The van der Waals surface area contributed by atoms with Gasteiger partial charge in [0, 0.05) is 24.7 Å². The van der Waals surface area contributed by atoms with E-state index in [2.05, 4.69) is 38.2 Å². The molecule has 6 N–H and O–H groups in total. The lowest BCUT2D eigenvalue weighted by Gasteiger charge is -2.14. The van der Waals surface area contributed by atoms with Crippen LogP contribution in [0.2, 0.25) is 0 Å². The molecule has 0 aliphatic rings. The monoisotopic (exact) mass is 536 g/mol. The third kappa shape index (κ3) is 17.1. The molecule has 0 aliphatic carbocycles. The Morgan fingerprint density at radius 3 is 1.76 bits per heavy atom. The molecule has 1 atom stereocenters.